The largest absolute Gasteiger partial charge is 0.357 e. The molecule has 1 aromatic carbocycles. The number of hydrogen-bond acceptors (Lipinski definition) is 1. The second-order valence-electron chi connectivity index (χ2n) is 5.97. The van der Waals surface area contributed by atoms with E-state index in [0.717, 1.165) is 33.7 Å². The first kappa shape index (κ1) is 20.8. The van der Waals surface area contributed by atoms with Gasteiger partial charge in [-0.2, -0.15) is 0 Å². The third kappa shape index (κ3) is 7.03. The summed E-state index contributed by atoms with van der Waals surface area (Å²) < 4.78 is 0. The molecule has 0 spiro atoms. The highest BCUT2D eigenvalue weighted by atomic mass is 35.5. The van der Waals surface area contributed by atoms with Gasteiger partial charge in [-0.1, -0.05) is 73.7 Å². The van der Waals surface area contributed by atoms with Gasteiger partial charge in [-0.25, -0.2) is 0 Å². The van der Waals surface area contributed by atoms with Crippen molar-refractivity contribution in [2.45, 2.75) is 27.2 Å². The van der Waals surface area contributed by atoms with Crippen LogP contribution in [0.2, 0.25) is 5.02 Å². The summed E-state index contributed by atoms with van der Waals surface area (Å²) in [4.78, 5) is 1.95. The van der Waals surface area contributed by atoms with Gasteiger partial charge in [-0.15, -0.1) is 0 Å². The Labute approximate surface area is 158 Å². The van der Waals surface area contributed by atoms with Crippen LogP contribution >= 0.6 is 11.6 Å². The van der Waals surface area contributed by atoms with Crippen molar-refractivity contribution in [2.75, 3.05) is 7.05 Å². The Morgan fingerprint density at radius 3 is 2.48 bits per heavy atom. The molecule has 1 rings (SSSR count). The molecule has 0 atom stereocenters. The molecule has 0 unspecified atom stereocenters. The molecule has 0 aliphatic heterocycles. The molecule has 0 fully saturated rings. The molecular weight excluding hydrogens is 326 g/mol. The Bertz CT molecular complexity index is 732. The Morgan fingerprint density at radius 2 is 1.92 bits per heavy atom. The van der Waals surface area contributed by atoms with E-state index in [2.05, 4.69) is 57.5 Å². The average molecular weight is 354 g/mol. The average Bonchev–Trinajstić information content (AvgIpc) is 2.59. The summed E-state index contributed by atoms with van der Waals surface area (Å²) in [5.41, 5.74) is 5.52. The first-order chi connectivity index (χ1) is 11.9. The van der Waals surface area contributed by atoms with E-state index in [1.54, 1.807) is 6.20 Å². The number of benzene rings is 1. The molecule has 0 N–H and O–H groups in total. The maximum absolute atomic E-state index is 6.18. The normalized spacial score (nSPS) is 13.2. The third-order valence-electron chi connectivity index (χ3n) is 3.67. The molecule has 132 valence electrons. The first-order valence-electron chi connectivity index (χ1n) is 8.42. The van der Waals surface area contributed by atoms with Gasteiger partial charge in [0.05, 0.1) is 0 Å². The number of hydrogen-bond donors (Lipinski definition) is 0. The highest BCUT2D eigenvalue weighted by Gasteiger charge is 2.08. The predicted molar refractivity (Wildman–Crippen MR) is 113 cm³/mol. The molecule has 0 amide bonds. The van der Waals surface area contributed by atoms with Gasteiger partial charge in [0.25, 0.3) is 0 Å². The molecule has 0 bridgehead atoms. The maximum atomic E-state index is 6.18. The number of allylic oxidation sites excluding steroid dienone is 8. The van der Waals surface area contributed by atoms with Gasteiger partial charge in [-0.3, -0.25) is 0 Å². The highest BCUT2D eigenvalue weighted by molar-refractivity contribution is 6.30. The van der Waals surface area contributed by atoms with Gasteiger partial charge in [0.2, 0.25) is 0 Å². The van der Waals surface area contributed by atoms with E-state index in [9.17, 15) is 0 Å². The van der Waals surface area contributed by atoms with Crippen LogP contribution in [0.15, 0.2) is 90.8 Å². The van der Waals surface area contributed by atoms with Crippen molar-refractivity contribution >= 4 is 17.2 Å². The Morgan fingerprint density at radius 1 is 1.20 bits per heavy atom. The van der Waals surface area contributed by atoms with Gasteiger partial charge < -0.3 is 4.90 Å². The van der Waals surface area contributed by atoms with E-state index in [-0.39, 0.29) is 0 Å². The summed E-state index contributed by atoms with van der Waals surface area (Å²) in [5.74, 6) is 0. The maximum Gasteiger partial charge on any atom is 0.0412 e. The van der Waals surface area contributed by atoms with E-state index in [1.807, 2.05) is 43.1 Å². The quantitative estimate of drug-likeness (QED) is 0.447. The minimum atomic E-state index is 0.738. The van der Waals surface area contributed by atoms with Crippen LogP contribution < -0.4 is 0 Å². The van der Waals surface area contributed by atoms with E-state index in [4.69, 9.17) is 11.6 Å². The lowest BCUT2D eigenvalue weighted by molar-refractivity contribution is 0.624. The number of halogens is 1. The lowest BCUT2D eigenvalue weighted by atomic mass is 9.94. The third-order valence-corrected chi connectivity index (χ3v) is 3.91. The summed E-state index contributed by atoms with van der Waals surface area (Å²) >= 11 is 6.18. The topological polar surface area (TPSA) is 3.24 Å². The van der Waals surface area contributed by atoms with Crippen LogP contribution in [0.1, 0.15) is 32.8 Å². The van der Waals surface area contributed by atoms with E-state index < -0.39 is 0 Å². The van der Waals surface area contributed by atoms with Gasteiger partial charge in [0.15, 0.2) is 0 Å². The van der Waals surface area contributed by atoms with Crippen molar-refractivity contribution in [1.82, 2.24) is 4.90 Å². The van der Waals surface area contributed by atoms with Crippen LogP contribution in [0.3, 0.4) is 0 Å². The first-order valence-corrected chi connectivity index (χ1v) is 8.80. The summed E-state index contributed by atoms with van der Waals surface area (Å²) in [6.45, 7) is 14.0. The van der Waals surface area contributed by atoms with Gasteiger partial charge in [0, 0.05) is 18.3 Å². The molecule has 0 radical (unpaired) electrons. The molecule has 0 aromatic heterocycles. The molecule has 1 aromatic rings. The van der Waals surface area contributed by atoms with E-state index >= 15 is 0 Å². The summed E-state index contributed by atoms with van der Waals surface area (Å²) in [6, 6.07) is 7.95. The van der Waals surface area contributed by atoms with Crippen LogP contribution in [-0.2, 0) is 0 Å². The highest BCUT2D eigenvalue weighted by Crippen LogP contribution is 2.28. The van der Waals surface area contributed by atoms with Crippen LogP contribution in [0.5, 0.6) is 0 Å². The fourth-order valence-electron chi connectivity index (χ4n) is 2.26. The fraction of sp³-hybridized carbons (Fsp3) is 0.217. The van der Waals surface area contributed by atoms with Crippen molar-refractivity contribution in [3.05, 3.63) is 101 Å². The van der Waals surface area contributed by atoms with Crippen molar-refractivity contribution in [2.24, 2.45) is 0 Å². The van der Waals surface area contributed by atoms with Crippen molar-refractivity contribution in [1.29, 1.82) is 0 Å². The van der Waals surface area contributed by atoms with Crippen LogP contribution in [0.25, 0.3) is 5.57 Å². The molecule has 0 saturated carbocycles. The molecule has 0 saturated heterocycles. The van der Waals surface area contributed by atoms with Crippen LogP contribution in [0.4, 0.5) is 0 Å². The second-order valence-corrected chi connectivity index (χ2v) is 6.41. The SMILES string of the molecule is C=CN(C)/C=C(\C=C/C(=C)C)C(/C=C\CC)=C(/C)c1cccc(Cl)c1. The molecule has 0 aliphatic rings. The predicted octanol–water partition coefficient (Wildman–Crippen LogP) is 7.17. The molecule has 0 heterocycles. The van der Waals surface area contributed by atoms with Crippen molar-refractivity contribution in [3.63, 3.8) is 0 Å². The smallest absolute Gasteiger partial charge is 0.0412 e. The Kier molecular flexibility index (Phi) is 8.80. The van der Waals surface area contributed by atoms with Gasteiger partial charge in [-0.05, 0) is 60.9 Å². The van der Waals surface area contributed by atoms with Crippen LogP contribution in [-0.4, -0.2) is 11.9 Å². The minimum Gasteiger partial charge on any atom is -0.357 e. The van der Waals surface area contributed by atoms with Crippen molar-refractivity contribution < 1.29 is 0 Å². The minimum absolute atomic E-state index is 0.738. The zero-order valence-corrected chi connectivity index (χ0v) is 16.5. The monoisotopic (exact) mass is 353 g/mol. The number of rotatable bonds is 8. The zero-order chi connectivity index (χ0) is 18.8. The standard InChI is InChI=1S/C23H28ClN/c1-7-9-13-23(19(5)20-11-10-12-22(24)16-20)21(15-14-18(3)4)17-25(6)8-2/h8-17H,2-3,7H2,1,4-6H3/b13-9-,15-14-,21-17+,23-19-. The Hall–Kier alpha value is -2.25. The molecular formula is C23H28ClN. The summed E-state index contributed by atoms with van der Waals surface area (Å²) in [6.07, 6.45) is 13.3. The second kappa shape index (κ2) is 10.6. The molecule has 25 heavy (non-hydrogen) atoms. The van der Waals surface area contributed by atoms with Crippen LogP contribution in [0, 0.1) is 0 Å². The fourth-order valence-corrected chi connectivity index (χ4v) is 2.45. The zero-order valence-electron chi connectivity index (χ0n) is 15.7. The van der Waals surface area contributed by atoms with Gasteiger partial charge >= 0.3 is 0 Å². The lowest BCUT2D eigenvalue weighted by Gasteiger charge is -2.15. The van der Waals surface area contributed by atoms with Gasteiger partial charge in [0.1, 0.15) is 0 Å². The van der Waals surface area contributed by atoms with E-state index in [1.165, 1.54) is 5.57 Å². The lowest BCUT2D eigenvalue weighted by Crippen LogP contribution is -2.02. The summed E-state index contributed by atoms with van der Waals surface area (Å²) in [7, 11) is 1.97. The molecule has 2 heteroatoms. The Balaban J connectivity index is 3.58. The number of nitrogens with zero attached hydrogens (tertiary/aromatic N) is 1. The molecule has 0 aliphatic carbocycles. The summed E-state index contributed by atoms with van der Waals surface area (Å²) in [5, 5.41) is 0.738. The van der Waals surface area contributed by atoms with Crippen molar-refractivity contribution in [3.8, 4) is 0 Å². The van der Waals surface area contributed by atoms with E-state index in [0.29, 0.717) is 0 Å². The molecule has 1 nitrogen and oxygen atoms in total.